The number of thiazole rings is 1. The summed E-state index contributed by atoms with van der Waals surface area (Å²) >= 11 is 8.98. The third-order valence-corrected chi connectivity index (χ3v) is 12.9. The van der Waals surface area contributed by atoms with E-state index in [4.69, 9.17) is 16.3 Å². The molecule has 43 heavy (non-hydrogen) atoms. The van der Waals surface area contributed by atoms with Crippen LogP contribution in [0.4, 0.5) is 5.69 Å². The second-order valence-corrected chi connectivity index (χ2v) is 14.9. The molecule has 4 fully saturated rings. The minimum atomic E-state index is -0.378. The fourth-order valence-corrected chi connectivity index (χ4v) is 11.4. The number of ether oxygens (including phenoxy) is 1. The summed E-state index contributed by atoms with van der Waals surface area (Å²) in [6.45, 7) is 1.55. The molecule has 2 aromatic carbocycles. The van der Waals surface area contributed by atoms with E-state index < -0.39 is 0 Å². The first-order chi connectivity index (χ1) is 20.9. The molecule has 2 bridgehead atoms. The number of hydrogen-bond donors (Lipinski definition) is 1. The Morgan fingerprint density at radius 1 is 0.977 bits per heavy atom. The molecule has 3 aliphatic heterocycles. The van der Waals surface area contributed by atoms with Crippen LogP contribution in [0.25, 0.3) is 0 Å². The smallest absolute Gasteiger partial charge is 0.305 e. The Hall–Kier alpha value is -3.08. The number of halogens is 1. The van der Waals surface area contributed by atoms with Gasteiger partial charge in [-0.1, -0.05) is 35.1 Å². The first-order valence-electron chi connectivity index (χ1n) is 14.9. The molecule has 3 aromatic rings. The van der Waals surface area contributed by atoms with Gasteiger partial charge in [-0.25, -0.2) is 0 Å². The fourth-order valence-electron chi connectivity index (χ4n) is 8.41. The number of thioether (sulfide) groups is 1. The van der Waals surface area contributed by atoms with E-state index in [-0.39, 0.29) is 70.0 Å². The van der Waals surface area contributed by atoms with E-state index in [1.54, 1.807) is 36.0 Å². The maximum atomic E-state index is 13.9. The average Bonchev–Trinajstić information content (AvgIpc) is 3.76. The van der Waals surface area contributed by atoms with Gasteiger partial charge >= 0.3 is 4.87 Å². The number of likely N-dealkylation sites (tertiary alicyclic amines) is 1. The average molecular weight is 636 g/mol. The third kappa shape index (κ3) is 4.39. The highest BCUT2D eigenvalue weighted by molar-refractivity contribution is 8.00. The van der Waals surface area contributed by atoms with Crippen LogP contribution in [0.15, 0.2) is 58.4 Å². The maximum Gasteiger partial charge on any atom is 0.305 e. The standard InChI is InChI=1S/C32H30ClN3O5S2/c33-17-7-9-18(10-8-17)36-30(38)25-20-14-21(26(25)31(36)39)27-24(20)23(28-29(42-27)34-32(40)43-28)16-5-4-6-19(13-16)41-15-22(37)35-11-2-1-3-12-35/h4-10,13,20-21,23-27H,1-3,11-12,14-15H2,(H,34,40)/t20?,21?,23-,24?,25?,26?,27?/m1/s1. The minimum absolute atomic E-state index is 0.000766. The molecule has 6 unspecified atom stereocenters. The highest BCUT2D eigenvalue weighted by atomic mass is 35.5. The summed E-state index contributed by atoms with van der Waals surface area (Å²) in [5.74, 6) is -0.352. The molecule has 1 N–H and O–H groups in total. The molecule has 11 heteroatoms. The Bertz CT molecular complexity index is 1680. The van der Waals surface area contributed by atoms with Gasteiger partial charge in [-0.05, 0) is 85.4 Å². The second kappa shape index (κ2) is 10.5. The Kier molecular flexibility index (Phi) is 6.72. The number of nitrogens with one attached hydrogen (secondary N) is 1. The highest BCUT2D eigenvalue weighted by Gasteiger charge is 2.69. The summed E-state index contributed by atoms with van der Waals surface area (Å²) < 4.78 is 6.01. The topological polar surface area (TPSA) is 99.8 Å². The molecule has 2 saturated carbocycles. The van der Waals surface area contributed by atoms with Gasteiger partial charge in [0.05, 0.1) is 22.5 Å². The number of H-pyrrole nitrogens is 1. The van der Waals surface area contributed by atoms with E-state index in [0.29, 0.717) is 16.5 Å². The summed E-state index contributed by atoms with van der Waals surface area (Å²) in [5.41, 5.74) is 1.57. The SMILES string of the molecule is O=C(COc1cccc([C@H]2c3sc(=O)[nH]c3SC3C4CC(C5C(=O)N(c6ccc(Cl)cc6)C(=O)C45)C32)c1)N1CCCCC1. The molecular weight excluding hydrogens is 606 g/mol. The highest BCUT2D eigenvalue weighted by Crippen LogP contribution is 2.68. The number of aromatic amines is 1. The Morgan fingerprint density at radius 2 is 1.72 bits per heavy atom. The lowest BCUT2D eigenvalue weighted by Crippen LogP contribution is -2.42. The van der Waals surface area contributed by atoms with Crippen LogP contribution < -0.4 is 14.5 Å². The molecule has 5 aliphatic rings. The van der Waals surface area contributed by atoms with Crippen LogP contribution in [0.1, 0.15) is 42.0 Å². The monoisotopic (exact) mass is 635 g/mol. The number of carbonyl (C=O) groups is 3. The number of fused-ring (bicyclic) bond motifs is 9. The van der Waals surface area contributed by atoms with E-state index in [1.807, 2.05) is 23.1 Å². The molecule has 0 radical (unpaired) electrons. The lowest BCUT2D eigenvalue weighted by molar-refractivity contribution is -0.134. The Labute approximate surface area is 261 Å². The number of benzene rings is 2. The van der Waals surface area contributed by atoms with Crippen molar-refractivity contribution >= 4 is 58.1 Å². The van der Waals surface area contributed by atoms with Gasteiger partial charge < -0.3 is 14.6 Å². The molecule has 3 amide bonds. The quantitative estimate of drug-likeness (QED) is 0.389. The van der Waals surface area contributed by atoms with Gasteiger partial charge in [0.25, 0.3) is 5.91 Å². The van der Waals surface area contributed by atoms with Gasteiger partial charge in [-0.15, -0.1) is 11.8 Å². The zero-order valence-corrected chi connectivity index (χ0v) is 25.6. The minimum Gasteiger partial charge on any atom is -0.484 e. The summed E-state index contributed by atoms with van der Waals surface area (Å²) in [5, 5.41) is 1.51. The van der Waals surface area contributed by atoms with Crippen LogP contribution in [0.2, 0.25) is 5.02 Å². The Morgan fingerprint density at radius 3 is 2.49 bits per heavy atom. The van der Waals surface area contributed by atoms with E-state index in [2.05, 4.69) is 11.1 Å². The first-order valence-corrected chi connectivity index (χ1v) is 17.0. The zero-order valence-electron chi connectivity index (χ0n) is 23.2. The molecule has 8 rings (SSSR count). The predicted molar refractivity (Wildman–Crippen MR) is 165 cm³/mol. The molecule has 222 valence electrons. The van der Waals surface area contributed by atoms with Crippen LogP contribution in [-0.2, 0) is 14.4 Å². The predicted octanol–water partition coefficient (Wildman–Crippen LogP) is 5.16. The van der Waals surface area contributed by atoms with Crippen molar-refractivity contribution in [2.24, 2.45) is 29.6 Å². The van der Waals surface area contributed by atoms with Gasteiger partial charge in [-0.2, -0.15) is 0 Å². The van der Waals surface area contributed by atoms with Gasteiger partial charge in [0.1, 0.15) is 5.75 Å². The zero-order chi connectivity index (χ0) is 29.4. The number of amides is 3. The summed E-state index contributed by atoms with van der Waals surface area (Å²) in [6.07, 6.45) is 4.03. The summed E-state index contributed by atoms with van der Waals surface area (Å²) in [7, 11) is 0. The number of carbonyl (C=O) groups excluding carboxylic acids is 3. The number of hydrogen-bond acceptors (Lipinski definition) is 7. The molecule has 8 nitrogen and oxygen atoms in total. The van der Waals surface area contributed by atoms with Crippen molar-refractivity contribution in [2.75, 3.05) is 24.6 Å². The van der Waals surface area contributed by atoms with Gasteiger partial charge in [0.2, 0.25) is 11.8 Å². The lowest BCUT2D eigenvalue weighted by atomic mass is 9.68. The summed E-state index contributed by atoms with van der Waals surface area (Å²) in [6, 6.07) is 14.7. The third-order valence-electron chi connectivity index (χ3n) is 10.1. The van der Waals surface area contributed by atoms with Crippen molar-refractivity contribution in [2.45, 2.75) is 41.9 Å². The van der Waals surface area contributed by atoms with Gasteiger partial charge in [-0.3, -0.25) is 24.1 Å². The summed E-state index contributed by atoms with van der Waals surface area (Å²) in [4.78, 5) is 60.3. The van der Waals surface area contributed by atoms with E-state index in [0.717, 1.165) is 54.2 Å². The largest absolute Gasteiger partial charge is 0.484 e. The number of anilines is 1. The molecule has 0 spiro atoms. The van der Waals surface area contributed by atoms with Gasteiger partial charge in [0, 0.05) is 34.2 Å². The molecule has 4 heterocycles. The molecule has 7 atom stereocenters. The number of aromatic nitrogens is 1. The maximum absolute atomic E-state index is 13.9. The normalized spacial score (nSPS) is 30.8. The van der Waals surface area contributed by atoms with Crippen LogP contribution in [0.5, 0.6) is 5.75 Å². The van der Waals surface area contributed by atoms with Crippen LogP contribution in [0, 0.1) is 29.6 Å². The van der Waals surface area contributed by atoms with E-state index in [9.17, 15) is 19.2 Å². The van der Waals surface area contributed by atoms with E-state index >= 15 is 0 Å². The van der Waals surface area contributed by atoms with Crippen molar-refractivity contribution in [3.05, 3.63) is 73.7 Å². The fraction of sp³-hybridized carbons (Fsp3) is 0.438. The van der Waals surface area contributed by atoms with Crippen LogP contribution in [0.3, 0.4) is 0 Å². The number of piperidine rings is 1. The van der Waals surface area contributed by atoms with Crippen molar-refractivity contribution in [3.63, 3.8) is 0 Å². The number of rotatable bonds is 5. The van der Waals surface area contributed by atoms with Crippen LogP contribution in [-0.4, -0.2) is 52.6 Å². The van der Waals surface area contributed by atoms with Crippen molar-refractivity contribution in [1.82, 2.24) is 9.88 Å². The second-order valence-electron chi connectivity index (χ2n) is 12.3. The molecule has 2 aliphatic carbocycles. The number of nitrogens with zero attached hydrogens (tertiary/aromatic N) is 2. The molecule has 1 aromatic heterocycles. The lowest BCUT2D eigenvalue weighted by Gasteiger charge is -2.43. The molecular formula is C32H30ClN3O5S2. The molecule has 2 saturated heterocycles. The van der Waals surface area contributed by atoms with Crippen LogP contribution >= 0.6 is 34.7 Å². The first kappa shape index (κ1) is 27.5. The number of imide groups is 1. The Balaban J connectivity index is 1.11. The van der Waals surface area contributed by atoms with Crippen molar-refractivity contribution in [1.29, 1.82) is 0 Å². The van der Waals surface area contributed by atoms with E-state index in [1.165, 1.54) is 16.2 Å². The van der Waals surface area contributed by atoms with Crippen molar-refractivity contribution < 1.29 is 19.1 Å². The van der Waals surface area contributed by atoms with Crippen molar-refractivity contribution in [3.8, 4) is 5.75 Å². The van der Waals surface area contributed by atoms with Gasteiger partial charge in [0.15, 0.2) is 6.61 Å².